The van der Waals surface area contributed by atoms with Gasteiger partial charge in [-0.3, -0.25) is 19.3 Å². The van der Waals surface area contributed by atoms with Crippen LogP contribution in [0.25, 0.3) is 33.4 Å². The van der Waals surface area contributed by atoms with E-state index >= 15 is 0 Å². The van der Waals surface area contributed by atoms with Crippen molar-refractivity contribution in [3.8, 4) is 22.5 Å². The summed E-state index contributed by atoms with van der Waals surface area (Å²) in [6, 6.07) is 6.38. The van der Waals surface area contributed by atoms with Gasteiger partial charge in [0.25, 0.3) is 5.56 Å². The Hall–Kier alpha value is -3.67. The second-order valence-electron chi connectivity index (χ2n) is 7.94. The Labute approximate surface area is 191 Å². The smallest absolute Gasteiger partial charge is 0.295 e. The minimum absolute atomic E-state index is 0.0120. The lowest BCUT2D eigenvalue weighted by molar-refractivity contribution is -0.141. The predicted molar refractivity (Wildman–Crippen MR) is 118 cm³/mol. The highest BCUT2D eigenvalue weighted by Crippen LogP contribution is 2.31. The normalized spacial score (nSPS) is 17.8. The van der Waals surface area contributed by atoms with E-state index in [-0.39, 0.29) is 33.7 Å². The summed E-state index contributed by atoms with van der Waals surface area (Å²) in [5.41, 5.74) is 0.156. The van der Waals surface area contributed by atoms with Crippen molar-refractivity contribution in [1.29, 1.82) is 0 Å². The van der Waals surface area contributed by atoms with Crippen LogP contribution < -0.4 is 5.56 Å². The molecule has 0 unspecified atom stereocenters. The number of rotatable bonds is 3. The number of aromatic nitrogens is 5. The van der Waals surface area contributed by atoms with Crippen LogP contribution in [-0.2, 0) is 16.0 Å². The lowest BCUT2D eigenvalue weighted by Gasteiger charge is -2.14. The number of halogens is 3. The largest absolute Gasteiger partial charge is 0.433 e. The molecule has 0 aromatic carbocycles. The number of nitrogens with zero attached hydrogens (tertiary/aromatic N) is 5. The maximum Gasteiger partial charge on any atom is 0.433 e. The minimum Gasteiger partial charge on any atom is -0.295 e. The van der Waals surface area contributed by atoms with Crippen LogP contribution in [0.3, 0.4) is 0 Å². The number of hydrogen-bond donors (Lipinski definition) is 0. The lowest BCUT2D eigenvalue weighted by Crippen LogP contribution is -2.26. The second-order valence-corrected chi connectivity index (χ2v) is 10.2. The monoisotopic (exact) mass is 487 g/mol. The van der Waals surface area contributed by atoms with Crippen LogP contribution >= 0.6 is 0 Å². The molecule has 0 spiro atoms. The van der Waals surface area contributed by atoms with Crippen LogP contribution in [-0.4, -0.2) is 44.4 Å². The molecule has 34 heavy (non-hydrogen) atoms. The van der Waals surface area contributed by atoms with Crippen molar-refractivity contribution in [2.75, 3.05) is 11.5 Å². The molecule has 1 saturated heterocycles. The van der Waals surface area contributed by atoms with Gasteiger partial charge in [-0.15, -0.1) is 0 Å². The molecule has 8 nitrogen and oxygen atoms in total. The van der Waals surface area contributed by atoms with Crippen molar-refractivity contribution < 1.29 is 21.6 Å². The van der Waals surface area contributed by atoms with E-state index in [2.05, 4.69) is 19.9 Å². The topological polar surface area (TPSA) is 108 Å². The van der Waals surface area contributed by atoms with Crippen LogP contribution in [0, 0.1) is 0 Å². The van der Waals surface area contributed by atoms with Gasteiger partial charge >= 0.3 is 6.18 Å². The standard InChI is InChI=1S/C22H16F3N5O3S/c23-22(24,25)18-4-3-13(10-27-18)17-8-16-20(19(29-17)14-2-1-6-26-9-14)28-12-30(21(16)31)15-5-7-34(32,33)11-15/h1-4,6,8-10,12,15H,5,7,11H2/t15-/m1/s1. The Kier molecular flexibility index (Phi) is 5.19. The maximum atomic E-state index is 13.4. The van der Waals surface area contributed by atoms with Gasteiger partial charge in [0.2, 0.25) is 0 Å². The summed E-state index contributed by atoms with van der Waals surface area (Å²) in [5, 5.41) is 0.163. The lowest BCUT2D eigenvalue weighted by atomic mass is 10.1. The number of sulfone groups is 1. The van der Waals surface area contributed by atoms with Crippen LogP contribution in [0.4, 0.5) is 13.2 Å². The number of pyridine rings is 3. The number of alkyl halides is 3. The average Bonchev–Trinajstić information content (AvgIpc) is 3.18. The van der Waals surface area contributed by atoms with E-state index in [1.54, 1.807) is 18.3 Å². The van der Waals surface area contributed by atoms with Crippen molar-refractivity contribution in [3.63, 3.8) is 0 Å². The van der Waals surface area contributed by atoms with Crippen molar-refractivity contribution in [2.24, 2.45) is 0 Å². The summed E-state index contributed by atoms with van der Waals surface area (Å²) in [5.74, 6) is -0.168. The first-order valence-corrected chi connectivity index (χ1v) is 12.0. The van der Waals surface area contributed by atoms with E-state index in [0.29, 0.717) is 17.7 Å². The van der Waals surface area contributed by atoms with E-state index in [0.717, 1.165) is 12.3 Å². The summed E-state index contributed by atoms with van der Waals surface area (Å²) >= 11 is 0. The Morgan fingerprint density at radius 2 is 1.88 bits per heavy atom. The maximum absolute atomic E-state index is 13.4. The molecule has 5 heterocycles. The molecule has 0 saturated carbocycles. The Bertz CT molecular complexity index is 1550. The van der Waals surface area contributed by atoms with Crippen molar-refractivity contribution >= 4 is 20.7 Å². The summed E-state index contributed by atoms with van der Waals surface area (Å²) in [6.07, 6.45) is 1.17. The first-order chi connectivity index (χ1) is 16.1. The average molecular weight is 487 g/mol. The summed E-state index contributed by atoms with van der Waals surface area (Å²) in [4.78, 5) is 29.9. The third-order valence-corrected chi connectivity index (χ3v) is 7.41. The van der Waals surface area contributed by atoms with Gasteiger partial charge in [-0.25, -0.2) is 18.4 Å². The Morgan fingerprint density at radius 1 is 1.06 bits per heavy atom. The summed E-state index contributed by atoms with van der Waals surface area (Å²) < 4.78 is 64.0. The molecule has 4 aromatic heterocycles. The molecule has 1 aliphatic heterocycles. The molecule has 174 valence electrons. The van der Waals surface area contributed by atoms with Gasteiger partial charge in [0, 0.05) is 29.7 Å². The molecule has 12 heteroatoms. The highest BCUT2D eigenvalue weighted by Gasteiger charge is 2.32. The molecule has 0 amide bonds. The fourth-order valence-corrected chi connectivity index (χ4v) is 5.67. The van der Waals surface area contributed by atoms with Crippen molar-refractivity contribution in [2.45, 2.75) is 18.6 Å². The molecule has 4 aromatic rings. The minimum atomic E-state index is -4.59. The quantitative estimate of drug-likeness (QED) is 0.436. The van der Waals surface area contributed by atoms with Gasteiger partial charge in [0.1, 0.15) is 11.2 Å². The number of fused-ring (bicyclic) bond motifs is 1. The van der Waals surface area contributed by atoms with Crippen molar-refractivity contribution in [3.05, 3.63) is 71.3 Å². The fourth-order valence-electron chi connectivity index (χ4n) is 3.96. The predicted octanol–water partition coefficient (Wildman–Crippen LogP) is 3.29. The zero-order valence-electron chi connectivity index (χ0n) is 17.4. The fraction of sp³-hybridized carbons (Fsp3) is 0.227. The van der Waals surface area contributed by atoms with Gasteiger partial charge < -0.3 is 0 Å². The molecule has 5 rings (SSSR count). The molecule has 1 fully saturated rings. The van der Waals surface area contributed by atoms with E-state index in [4.69, 9.17) is 0 Å². The van der Waals surface area contributed by atoms with Gasteiger partial charge in [0.15, 0.2) is 9.84 Å². The zero-order valence-corrected chi connectivity index (χ0v) is 18.2. The zero-order chi connectivity index (χ0) is 24.1. The molecule has 1 atom stereocenters. The highest BCUT2D eigenvalue weighted by molar-refractivity contribution is 7.91. The van der Waals surface area contributed by atoms with Gasteiger partial charge in [-0.2, -0.15) is 13.2 Å². The Balaban J connectivity index is 1.72. The van der Waals surface area contributed by atoms with E-state index < -0.39 is 33.3 Å². The third kappa shape index (κ3) is 4.04. The second kappa shape index (κ2) is 7.97. The summed E-state index contributed by atoms with van der Waals surface area (Å²) in [7, 11) is -3.24. The van der Waals surface area contributed by atoms with E-state index in [1.165, 1.54) is 29.2 Å². The molecular formula is C22H16F3N5O3S. The molecule has 1 aliphatic rings. The summed E-state index contributed by atoms with van der Waals surface area (Å²) in [6.45, 7) is 0. The number of hydrogen-bond acceptors (Lipinski definition) is 7. The molecule has 0 N–H and O–H groups in total. The van der Waals surface area contributed by atoms with Crippen LogP contribution in [0.5, 0.6) is 0 Å². The van der Waals surface area contributed by atoms with Crippen molar-refractivity contribution in [1.82, 2.24) is 24.5 Å². The van der Waals surface area contributed by atoms with E-state index in [9.17, 15) is 26.4 Å². The van der Waals surface area contributed by atoms with Crippen LogP contribution in [0.15, 0.2) is 60.0 Å². The SMILES string of the molecule is O=c1c2cc(-c3ccc(C(F)(F)F)nc3)nc(-c3cccnc3)c2ncn1[C@@H]1CCS(=O)(=O)C1. The molecule has 0 aliphatic carbocycles. The highest BCUT2D eigenvalue weighted by atomic mass is 32.2. The Morgan fingerprint density at radius 3 is 2.50 bits per heavy atom. The first-order valence-electron chi connectivity index (χ1n) is 10.2. The molecule has 0 bridgehead atoms. The third-order valence-electron chi connectivity index (χ3n) is 5.66. The van der Waals surface area contributed by atoms with E-state index in [1.807, 2.05) is 0 Å². The first kappa shape index (κ1) is 22.1. The van der Waals surface area contributed by atoms with Gasteiger partial charge in [-0.05, 0) is 36.8 Å². The molecule has 0 radical (unpaired) electrons. The van der Waals surface area contributed by atoms with Gasteiger partial charge in [-0.1, -0.05) is 0 Å². The van der Waals surface area contributed by atoms with Crippen LogP contribution in [0.1, 0.15) is 18.2 Å². The van der Waals surface area contributed by atoms with Gasteiger partial charge in [0.05, 0.1) is 40.6 Å². The molecular weight excluding hydrogens is 471 g/mol. The van der Waals surface area contributed by atoms with Crippen LogP contribution in [0.2, 0.25) is 0 Å².